The van der Waals surface area contributed by atoms with Gasteiger partial charge in [-0.3, -0.25) is 4.79 Å². The number of benzene rings is 2. The number of aromatic nitrogens is 1. The van der Waals surface area contributed by atoms with Crippen LogP contribution in [0.3, 0.4) is 0 Å². The normalized spacial score (nSPS) is 16.0. The zero-order valence-corrected chi connectivity index (χ0v) is 16.0. The van der Waals surface area contributed by atoms with Gasteiger partial charge in [0.05, 0.1) is 5.54 Å². The van der Waals surface area contributed by atoms with Crippen LogP contribution < -0.4 is 5.73 Å². The largest absolute Gasteiger partial charge is 0.396 e. The Morgan fingerprint density at radius 3 is 2.44 bits per heavy atom. The van der Waals surface area contributed by atoms with Gasteiger partial charge in [-0.2, -0.15) is 0 Å². The van der Waals surface area contributed by atoms with Crippen molar-refractivity contribution in [2.75, 3.05) is 6.61 Å². The number of hydrogen-bond donors (Lipinski definition) is 3. The summed E-state index contributed by atoms with van der Waals surface area (Å²) in [6, 6.07) is 18.0. The van der Waals surface area contributed by atoms with E-state index in [0.717, 1.165) is 22.0 Å². The van der Waals surface area contributed by atoms with Crippen LogP contribution in [-0.2, 0) is 17.6 Å². The van der Waals surface area contributed by atoms with E-state index in [1.807, 2.05) is 61.7 Å². The van der Waals surface area contributed by atoms with Crippen LogP contribution in [0.4, 0.5) is 0 Å². The smallest absolute Gasteiger partial charge is 0.150 e. The van der Waals surface area contributed by atoms with Crippen LogP contribution in [-0.4, -0.2) is 28.0 Å². The Morgan fingerprint density at radius 2 is 1.78 bits per heavy atom. The Hall–Kier alpha value is -2.43. The first-order valence-electron chi connectivity index (χ1n) is 9.46. The Balaban J connectivity index is 1.88. The maximum atomic E-state index is 12.6. The molecule has 1 heterocycles. The Labute approximate surface area is 160 Å². The molecule has 2 aromatic carbocycles. The van der Waals surface area contributed by atoms with Gasteiger partial charge in [-0.15, -0.1) is 0 Å². The highest BCUT2D eigenvalue weighted by molar-refractivity contribution is 5.87. The predicted octanol–water partition coefficient (Wildman–Crippen LogP) is 3.48. The first kappa shape index (κ1) is 19.3. The SMILES string of the molecule is CC(=O)C(N)(C(C)Cc1c[nH]c2ccccc12)C(CO)Cc1ccccc1. The van der Waals surface area contributed by atoms with E-state index in [2.05, 4.69) is 11.1 Å². The number of aromatic amines is 1. The number of aliphatic hydroxyl groups excluding tert-OH is 1. The first-order valence-corrected chi connectivity index (χ1v) is 9.46. The van der Waals surface area contributed by atoms with E-state index in [4.69, 9.17) is 5.73 Å². The molecule has 0 fully saturated rings. The van der Waals surface area contributed by atoms with E-state index >= 15 is 0 Å². The number of ketones is 1. The Bertz CT molecular complexity index is 903. The van der Waals surface area contributed by atoms with E-state index in [9.17, 15) is 9.90 Å². The number of carbonyl (C=O) groups is 1. The average molecular weight is 364 g/mol. The molecule has 3 rings (SSSR count). The second kappa shape index (κ2) is 8.07. The number of hydrogen-bond acceptors (Lipinski definition) is 3. The van der Waals surface area contributed by atoms with Crippen molar-refractivity contribution in [1.29, 1.82) is 0 Å². The van der Waals surface area contributed by atoms with E-state index in [1.54, 1.807) is 6.92 Å². The van der Waals surface area contributed by atoms with Gasteiger partial charge < -0.3 is 15.8 Å². The molecule has 27 heavy (non-hydrogen) atoms. The molecular formula is C23H28N2O2. The maximum absolute atomic E-state index is 12.6. The van der Waals surface area contributed by atoms with Gasteiger partial charge in [0.2, 0.25) is 0 Å². The zero-order chi connectivity index (χ0) is 19.4. The summed E-state index contributed by atoms with van der Waals surface area (Å²) >= 11 is 0. The Kier molecular flexibility index (Phi) is 5.78. The number of nitrogens with one attached hydrogen (secondary N) is 1. The third-order valence-electron chi connectivity index (χ3n) is 5.85. The van der Waals surface area contributed by atoms with Crippen molar-refractivity contribution in [3.05, 3.63) is 71.9 Å². The molecule has 0 amide bonds. The second-order valence-electron chi connectivity index (χ2n) is 7.52. The Morgan fingerprint density at radius 1 is 1.11 bits per heavy atom. The molecule has 0 saturated carbocycles. The fourth-order valence-electron chi connectivity index (χ4n) is 4.12. The molecule has 0 bridgehead atoms. The van der Waals surface area contributed by atoms with Crippen LogP contribution in [0, 0.1) is 11.8 Å². The lowest BCUT2D eigenvalue weighted by Gasteiger charge is -2.39. The monoisotopic (exact) mass is 364 g/mol. The number of carbonyl (C=O) groups excluding carboxylic acids is 1. The van der Waals surface area contributed by atoms with E-state index in [-0.39, 0.29) is 24.2 Å². The summed E-state index contributed by atoms with van der Waals surface area (Å²) in [6.45, 7) is 3.43. The molecule has 3 aromatic rings. The third-order valence-corrected chi connectivity index (χ3v) is 5.85. The van der Waals surface area contributed by atoms with Crippen LogP contribution in [0.15, 0.2) is 60.8 Å². The van der Waals surface area contributed by atoms with Gasteiger partial charge in [-0.1, -0.05) is 55.5 Å². The number of nitrogens with two attached hydrogens (primary N) is 1. The number of fused-ring (bicyclic) bond motifs is 1. The molecule has 0 saturated heterocycles. The fourth-order valence-corrected chi connectivity index (χ4v) is 4.12. The third kappa shape index (κ3) is 3.82. The highest BCUT2D eigenvalue weighted by Gasteiger charge is 2.43. The summed E-state index contributed by atoms with van der Waals surface area (Å²) < 4.78 is 0. The van der Waals surface area contributed by atoms with Gasteiger partial charge >= 0.3 is 0 Å². The summed E-state index contributed by atoms with van der Waals surface area (Å²) in [5.74, 6) is -0.530. The summed E-state index contributed by atoms with van der Waals surface area (Å²) in [4.78, 5) is 15.9. The molecular weight excluding hydrogens is 336 g/mol. The van der Waals surface area contributed by atoms with Gasteiger partial charge in [0.15, 0.2) is 0 Å². The minimum atomic E-state index is -1.09. The lowest BCUT2D eigenvalue weighted by molar-refractivity contribution is -0.127. The summed E-state index contributed by atoms with van der Waals surface area (Å²) in [5, 5.41) is 11.2. The van der Waals surface area contributed by atoms with Crippen LogP contribution in [0.1, 0.15) is 25.0 Å². The molecule has 0 spiro atoms. The van der Waals surface area contributed by atoms with Gasteiger partial charge in [-0.05, 0) is 42.9 Å². The molecule has 142 valence electrons. The van der Waals surface area contributed by atoms with Crippen LogP contribution in [0.5, 0.6) is 0 Å². The van der Waals surface area contributed by atoms with Gasteiger partial charge in [-0.25, -0.2) is 0 Å². The van der Waals surface area contributed by atoms with Crippen molar-refractivity contribution in [3.63, 3.8) is 0 Å². The predicted molar refractivity (Wildman–Crippen MR) is 109 cm³/mol. The molecule has 4 heteroatoms. The summed E-state index contributed by atoms with van der Waals surface area (Å²) in [5.41, 5.74) is 8.93. The lowest BCUT2D eigenvalue weighted by atomic mass is 9.69. The van der Waals surface area contributed by atoms with Crippen molar-refractivity contribution in [2.24, 2.45) is 17.6 Å². The van der Waals surface area contributed by atoms with Crippen molar-refractivity contribution >= 4 is 16.7 Å². The minimum absolute atomic E-state index is 0.0789. The molecule has 0 aliphatic carbocycles. The van der Waals surface area contributed by atoms with Crippen molar-refractivity contribution in [2.45, 2.75) is 32.2 Å². The quantitative estimate of drug-likeness (QED) is 0.572. The van der Waals surface area contributed by atoms with E-state index < -0.39 is 5.54 Å². The second-order valence-corrected chi connectivity index (χ2v) is 7.52. The van der Waals surface area contributed by atoms with Gasteiger partial charge in [0, 0.05) is 29.6 Å². The van der Waals surface area contributed by atoms with Crippen LogP contribution in [0.25, 0.3) is 10.9 Å². The standard InChI is InChI=1S/C23H28N2O2/c1-16(12-19-14-25-22-11-7-6-10-21(19)22)23(24,17(2)27)20(15-26)13-18-8-4-3-5-9-18/h3-11,14,16,20,25-26H,12-13,15,24H2,1-2H3. The van der Waals surface area contributed by atoms with Crippen molar-refractivity contribution in [1.82, 2.24) is 4.98 Å². The van der Waals surface area contributed by atoms with E-state index in [1.165, 1.54) is 0 Å². The number of aliphatic hydroxyl groups is 1. The zero-order valence-electron chi connectivity index (χ0n) is 16.0. The maximum Gasteiger partial charge on any atom is 0.150 e. The average Bonchev–Trinajstić information content (AvgIpc) is 3.09. The minimum Gasteiger partial charge on any atom is -0.396 e. The molecule has 0 radical (unpaired) electrons. The fraction of sp³-hybridized carbons (Fsp3) is 0.348. The highest BCUT2D eigenvalue weighted by Crippen LogP contribution is 2.32. The molecule has 3 atom stereocenters. The van der Waals surface area contributed by atoms with Gasteiger partial charge in [0.1, 0.15) is 5.78 Å². The topological polar surface area (TPSA) is 79.1 Å². The van der Waals surface area contributed by atoms with Crippen LogP contribution >= 0.6 is 0 Å². The molecule has 0 aliphatic heterocycles. The summed E-state index contributed by atoms with van der Waals surface area (Å²) in [7, 11) is 0. The summed E-state index contributed by atoms with van der Waals surface area (Å²) in [6.07, 6.45) is 3.24. The van der Waals surface area contributed by atoms with Crippen molar-refractivity contribution in [3.8, 4) is 0 Å². The molecule has 4 N–H and O–H groups in total. The van der Waals surface area contributed by atoms with Gasteiger partial charge in [0.25, 0.3) is 0 Å². The molecule has 0 aliphatic rings. The number of Topliss-reactive ketones (excluding diaryl/α,β-unsaturated/α-hetero) is 1. The molecule has 3 unspecified atom stereocenters. The highest BCUT2D eigenvalue weighted by atomic mass is 16.3. The molecule has 4 nitrogen and oxygen atoms in total. The lowest BCUT2D eigenvalue weighted by Crippen LogP contribution is -2.60. The number of para-hydroxylation sites is 1. The van der Waals surface area contributed by atoms with Crippen molar-refractivity contribution < 1.29 is 9.90 Å². The number of H-pyrrole nitrogens is 1. The van der Waals surface area contributed by atoms with Crippen LogP contribution in [0.2, 0.25) is 0 Å². The molecule has 1 aromatic heterocycles. The van der Waals surface area contributed by atoms with E-state index in [0.29, 0.717) is 12.8 Å². The number of rotatable bonds is 8. The first-order chi connectivity index (χ1) is 13.0.